The summed E-state index contributed by atoms with van der Waals surface area (Å²) in [6.07, 6.45) is 0.963. The van der Waals surface area contributed by atoms with Crippen LogP contribution >= 0.6 is 11.6 Å². The molecule has 4 amide bonds. The number of halogens is 1. The number of imide groups is 1. The highest BCUT2D eigenvalue weighted by molar-refractivity contribution is 6.30. The number of hydrogen-bond acceptors (Lipinski definition) is 4. The fourth-order valence-electron chi connectivity index (χ4n) is 3.98. The van der Waals surface area contributed by atoms with E-state index < -0.39 is 0 Å². The van der Waals surface area contributed by atoms with Gasteiger partial charge in [-0.3, -0.25) is 24.1 Å². The van der Waals surface area contributed by atoms with Gasteiger partial charge in [-0.1, -0.05) is 23.7 Å². The monoisotopic (exact) mass is 439 g/mol. The second-order valence-electron chi connectivity index (χ2n) is 7.77. The largest absolute Gasteiger partial charge is 0.356 e. The number of nitrogens with one attached hydrogen (secondary N) is 1. The second kappa shape index (κ2) is 8.89. The maximum atomic E-state index is 12.3. The Hall–Kier alpha value is -3.19. The van der Waals surface area contributed by atoms with E-state index in [0.29, 0.717) is 42.1 Å². The van der Waals surface area contributed by atoms with Crippen LogP contribution in [0.15, 0.2) is 48.5 Å². The van der Waals surface area contributed by atoms with E-state index in [1.165, 1.54) is 4.90 Å². The zero-order valence-electron chi connectivity index (χ0n) is 16.8. The molecule has 2 aliphatic heterocycles. The van der Waals surface area contributed by atoms with Crippen LogP contribution in [0.3, 0.4) is 0 Å². The average molecular weight is 440 g/mol. The summed E-state index contributed by atoms with van der Waals surface area (Å²) in [6.45, 7) is 1.14. The molecule has 0 aliphatic carbocycles. The molecule has 0 spiro atoms. The van der Waals surface area contributed by atoms with Crippen molar-refractivity contribution >= 4 is 40.9 Å². The molecule has 7 nitrogen and oxygen atoms in total. The van der Waals surface area contributed by atoms with Gasteiger partial charge in [-0.25, -0.2) is 0 Å². The number of benzene rings is 2. The van der Waals surface area contributed by atoms with Gasteiger partial charge < -0.3 is 10.2 Å². The van der Waals surface area contributed by atoms with E-state index in [1.807, 2.05) is 0 Å². The van der Waals surface area contributed by atoms with Gasteiger partial charge in [0.1, 0.15) is 0 Å². The Bertz CT molecular complexity index is 1000. The lowest BCUT2D eigenvalue weighted by molar-refractivity contribution is -0.121. The Balaban J connectivity index is 1.21. The molecular weight excluding hydrogens is 418 g/mol. The van der Waals surface area contributed by atoms with E-state index in [1.54, 1.807) is 53.4 Å². The van der Waals surface area contributed by atoms with Crippen LogP contribution < -0.4 is 10.2 Å². The molecule has 1 unspecified atom stereocenters. The summed E-state index contributed by atoms with van der Waals surface area (Å²) in [5, 5.41) is 3.48. The molecule has 0 saturated carbocycles. The predicted molar refractivity (Wildman–Crippen MR) is 116 cm³/mol. The first-order valence-electron chi connectivity index (χ1n) is 10.2. The van der Waals surface area contributed by atoms with Crippen molar-refractivity contribution < 1.29 is 19.2 Å². The van der Waals surface area contributed by atoms with Gasteiger partial charge in [-0.15, -0.1) is 0 Å². The quantitative estimate of drug-likeness (QED) is 0.672. The molecule has 0 radical (unpaired) electrons. The van der Waals surface area contributed by atoms with Crippen molar-refractivity contribution in [3.05, 3.63) is 64.7 Å². The third kappa shape index (κ3) is 4.46. The van der Waals surface area contributed by atoms with Crippen LogP contribution in [0.5, 0.6) is 0 Å². The van der Waals surface area contributed by atoms with Gasteiger partial charge >= 0.3 is 0 Å². The van der Waals surface area contributed by atoms with Crippen LogP contribution in [0.4, 0.5) is 5.69 Å². The third-order valence-electron chi connectivity index (χ3n) is 5.60. The molecule has 160 valence electrons. The molecule has 2 heterocycles. The molecule has 1 saturated heterocycles. The smallest absolute Gasteiger partial charge is 0.261 e. The molecule has 0 aromatic heterocycles. The number of anilines is 1. The van der Waals surface area contributed by atoms with Crippen molar-refractivity contribution in [3.63, 3.8) is 0 Å². The first-order chi connectivity index (χ1) is 14.9. The van der Waals surface area contributed by atoms with E-state index in [-0.39, 0.29) is 42.5 Å². The number of nitrogens with zero attached hydrogens (tertiary/aromatic N) is 2. The SMILES string of the molecule is O=C(CCCN1C(=O)c2ccccc2C1=O)NCC1CC(=O)N(c2ccc(Cl)cc2)C1. The normalized spacial score (nSPS) is 18.0. The van der Waals surface area contributed by atoms with Crippen molar-refractivity contribution in [2.24, 2.45) is 5.92 Å². The van der Waals surface area contributed by atoms with Gasteiger partial charge in [0.15, 0.2) is 0 Å². The van der Waals surface area contributed by atoms with Gasteiger partial charge in [0.05, 0.1) is 11.1 Å². The summed E-state index contributed by atoms with van der Waals surface area (Å²) >= 11 is 5.90. The Kier molecular flexibility index (Phi) is 6.04. The highest BCUT2D eigenvalue weighted by Gasteiger charge is 2.34. The van der Waals surface area contributed by atoms with Crippen LogP contribution in [-0.2, 0) is 9.59 Å². The topological polar surface area (TPSA) is 86.8 Å². The fraction of sp³-hybridized carbons (Fsp3) is 0.304. The number of amides is 4. The molecule has 2 aliphatic rings. The van der Waals surface area contributed by atoms with Crippen molar-refractivity contribution in [3.8, 4) is 0 Å². The molecule has 1 atom stereocenters. The average Bonchev–Trinajstić information content (AvgIpc) is 3.26. The lowest BCUT2D eigenvalue weighted by atomic mass is 10.1. The van der Waals surface area contributed by atoms with Crippen molar-refractivity contribution in [2.75, 3.05) is 24.5 Å². The molecule has 0 bridgehead atoms. The summed E-state index contributed by atoms with van der Waals surface area (Å²) in [7, 11) is 0. The minimum Gasteiger partial charge on any atom is -0.356 e. The summed E-state index contributed by atoms with van der Waals surface area (Å²) in [4.78, 5) is 52.1. The number of carbonyl (C=O) groups is 4. The van der Waals surface area contributed by atoms with Crippen LogP contribution in [0.2, 0.25) is 5.02 Å². The van der Waals surface area contributed by atoms with Crippen molar-refractivity contribution in [1.82, 2.24) is 10.2 Å². The number of carbonyl (C=O) groups excluding carboxylic acids is 4. The van der Waals surface area contributed by atoms with Crippen molar-refractivity contribution in [1.29, 1.82) is 0 Å². The Morgan fingerprint density at radius 1 is 1.00 bits per heavy atom. The van der Waals surface area contributed by atoms with Gasteiger partial charge in [0, 0.05) is 49.1 Å². The fourth-order valence-corrected chi connectivity index (χ4v) is 4.10. The highest BCUT2D eigenvalue weighted by atomic mass is 35.5. The zero-order valence-corrected chi connectivity index (χ0v) is 17.6. The maximum absolute atomic E-state index is 12.3. The number of fused-ring (bicyclic) bond motifs is 1. The third-order valence-corrected chi connectivity index (χ3v) is 5.85. The summed E-state index contributed by atoms with van der Waals surface area (Å²) in [5.41, 5.74) is 1.62. The summed E-state index contributed by atoms with van der Waals surface area (Å²) in [6, 6.07) is 13.8. The van der Waals surface area contributed by atoms with E-state index >= 15 is 0 Å². The van der Waals surface area contributed by atoms with E-state index in [9.17, 15) is 19.2 Å². The molecule has 2 aromatic carbocycles. The number of rotatable bonds is 7. The molecule has 2 aromatic rings. The van der Waals surface area contributed by atoms with Gasteiger partial charge in [0.25, 0.3) is 11.8 Å². The standard InChI is InChI=1S/C23H22ClN3O4/c24-16-7-9-17(10-8-16)27-14-15(12-21(27)29)13-25-20(28)6-3-11-26-22(30)18-4-1-2-5-19(18)23(26)31/h1-2,4-5,7-10,15H,3,6,11-14H2,(H,25,28). The zero-order chi connectivity index (χ0) is 22.0. The summed E-state index contributed by atoms with van der Waals surface area (Å²) in [5.74, 6) is -0.731. The first kappa shape index (κ1) is 21.1. The lowest BCUT2D eigenvalue weighted by Crippen LogP contribution is -2.33. The van der Waals surface area contributed by atoms with Crippen LogP contribution in [0, 0.1) is 5.92 Å². The van der Waals surface area contributed by atoms with Crippen LogP contribution in [0.1, 0.15) is 40.0 Å². The highest BCUT2D eigenvalue weighted by Crippen LogP contribution is 2.26. The van der Waals surface area contributed by atoms with Crippen LogP contribution in [-0.4, -0.2) is 48.2 Å². The minimum absolute atomic E-state index is 0.0206. The minimum atomic E-state index is -0.312. The lowest BCUT2D eigenvalue weighted by Gasteiger charge is -2.17. The van der Waals surface area contributed by atoms with Gasteiger partial charge in [-0.2, -0.15) is 0 Å². The first-order valence-corrected chi connectivity index (χ1v) is 10.6. The van der Waals surface area contributed by atoms with Gasteiger partial charge in [-0.05, 0) is 42.8 Å². The molecule has 1 fully saturated rings. The van der Waals surface area contributed by atoms with Crippen molar-refractivity contribution in [2.45, 2.75) is 19.3 Å². The maximum Gasteiger partial charge on any atom is 0.261 e. The van der Waals surface area contributed by atoms with E-state index in [2.05, 4.69) is 5.32 Å². The Morgan fingerprint density at radius 2 is 1.65 bits per heavy atom. The summed E-state index contributed by atoms with van der Waals surface area (Å²) < 4.78 is 0. The molecule has 8 heteroatoms. The number of hydrogen-bond donors (Lipinski definition) is 1. The van der Waals surface area contributed by atoms with Gasteiger partial charge in [0.2, 0.25) is 11.8 Å². The van der Waals surface area contributed by atoms with E-state index in [4.69, 9.17) is 11.6 Å². The molecule has 1 N–H and O–H groups in total. The Labute approximate surface area is 185 Å². The van der Waals surface area contributed by atoms with Crippen LogP contribution in [0.25, 0.3) is 0 Å². The van der Waals surface area contributed by atoms with E-state index in [0.717, 1.165) is 5.69 Å². The molecule has 4 rings (SSSR count). The Morgan fingerprint density at radius 3 is 2.29 bits per heavy atom. The molecular formula is C23H22ClN3O4. The molecule has 31 heavy (non-hydrogen) atoms. The predicted octanol–water partition coefficient (Wildman–Crippen LogP) is 2.89. The second-order valence-corrected chi connectivity index (χ2v) is 8.20.